The number of alkyl halides is 3. The zero-order chi connectivity index (χ0) is 23.0. The average Bonchev–Trinajstić information content (AvgIpc) is 3.09. The molecule has 4 rings (SSSR count). The minimum absolute atomic E-state index is 0.00523. The van der Waals surface area contributed by atoms with Gasteiger partial charge in [0, 0.05) is 18.2 Å². The van der Waals surface area contributed by atoms with Gasteiger partial charge in [-0.05, 0) is 54.9 Å². The Labute approximate surface area is 184 Å². The van der Waals surface area contributed by atoms with Gasteiger partial charge in [-0.25, -0.2) is 4.98 Å². The van der Waals surface area contributed by atoms with Crippen LogP contribution in [-0.4, -0.2) is 27.9 Å². The summed E-state index contributed by atoms with van der Waals surface area (Å²) in [7, 11) is 0. The van der Waals surface area contributed by atoms with Crippen molar-refractivity contribution in [2.45, 2.75) is 70.3 Å². The third-order valence-corrected chi connectivity index (χ3v) is 6.29. The van der Waals surface area contributed by atoms with E-state index in [9.17, 15) is 18.0 Å². The number of ether oxygens (including phenoxy) is 1. The summed E-state index contributed by atoms with van der Waals surface area (Å²) < 4.78 is 45.2. The maximum atomic E-state index is 13.2. The lowest BCUT2D eigenvalue weighted by molar-refractivity contribution is -0.138. The largest absolute Gasteiger partial charge is 0.489 e. The molecule has 2 aliphatic rings. The van der Waals surface area contributed by atoms with Crippen LogP contribution in [0.1, 0.15) is 78.2 Å². The molecule has 1 amide bonds. The number of hydrogen-bond acceptors (Lipinski definition) is 4. The van der Waals surface area contributed by atoms with Crippen LogP contribution in [0, 0.1) is 11.3 Å². The molecule has 0 N–H and O–H groups in total. The summed E-state index contributed by atoms with van der Waals surface area (Å²) in [5.74, 6) is 0.447. The van der Waals surface area contributed by atoms with Crippen LogP contribution < -0.4 is 4.74 Å². The van der Waals surface area contributed by atoms with Gasteiger partial charge in [-0.15, -0.1) is 0 Å². The average molecular weight is 443 g/mol. The summed E-state index contributed by atoms with van der Waals surface area (Å²) in [4.78, 5) is 18.4. The third kappa shape index (κ3) is 4.29. The van der Waals surface area contributed by atoms with Crippen molar-refractivity contribution in [1.29, 1.82) is 5.26 Å². The predicted octanol–water partition coefficient (Wildman–Crippen LogP) is 5.44. The molecule has 0 unspecified atom stereocenters. The molecule has 5 nitrogen and oxygen atoms in total. The molecule has 0 atom stereocenters. The number of nitrogens with zero attached hydrogens (tertiary/aromatic N) is 3. The van der Waals surface area contributed by atoms with Gasteiger partial charge in [-0.1, -0.05) is 26.0 Å². The molecule has 1 aromatic heterocycles. The van der Waals surface area contributed by atoms with Crippen LogP contribution in [0.25, 0.3) is 0 Å². The van der Waals surface area contributed by atoms with Crippen molar-refractivity contribution >= 4 is 5.91 Å². The summed E-state index contributed by atoms with van der Waals surface area (Å²) in [6, 6.07) is 8.43. The van der Waals surface area contributed by atoms with Gasteiger partial charge < -0.3 is 9.64 Å². The highest BCUT2D eigenvalue weighted by atomic mass is 19.4. The van der Waals surface area contributed by atoms with Gasteiger partial charge in [0.25, 0.3) is 5.91 Å². The van der Waals surface area contributed by atoms with E-state index in [0.717, 1.165) is 36.2 Å². The van der Waals surface area contributed by atoms with Crippen LogP contribution in [0.15, 0.2) is 30.5 Å². The second-order valence-electron chi connectivity index (χ2n) is 8.73. The van der Waals surface area contributed by atoms with Gasteiger partial charge in [0.2, 0.25) is 0 Å². The van der Waals surface area contributed by atoms with E-state index in [1.54, 1.807) is 0 Å². The van der Waals surface area contributed by atoms with E-state index in [-0.39, 0.29) is 23.8 Å². The Morgan fingerprint density at radius 2 is 1.91 bits per heavy atom. The molecular weight excluding hydrogens is 419 g/mol. The molecule has 2 aromatic rings. The molecule has 0 spiro atoms. The van der Waals surface area contributed by atoms with Crippen molar-refractivity contribution in [3.63, 3.8) is 0 Å². The normalized spacial score (nSPS) is 20.9. The smallest absolute Gasteiger partial charge is 0.419 e. The van der Waals surface area contributed by atoms with Crippen molar-refractivity contribution in [1.82, 2.24) is 9.88 Å². The summed E-state index contributed by atoms with van der Waals surface area (Å²) >= 11 is 0. The molecule has 1 fully saturated rings. The minimum Gasteiger partial charge on any atom is -0.489 e. The molecule has 0 saturated heterocycles. The minimum atomic E-state index is -4.67. The van der Waals surface area contributed by atoms with E-state index in [0.29, 0.717) is 25.3 Å². The lowest BCUT2D eigenvalue weighted by Gasteiger charge is -2.34. The summed E-state index contributed by atoms with van der Waals surface area (Å²) in [6.45, 7) is 4.84. The molecular formula is C24H24F3N3O2. The molecule has 1 aromatic carbocycles. The highest BCUT2D eigenvalue weighted by molar-refractivity contribution is 5.98. The number of rotatable bonds is 4. The highest BCUT2D eigenvalue weighted by Crippen LogP contribution is 2.36. The number of benzene rings is 1. The van der Waals surface area contributed by atoms with E-state index in [1.807, 2.05) is 17.0 Å². The lowest BCUT2D eigenvalue weighted by Crippen LogP contribution is -2.40. The first kappa shape index (κ1) is 22.1. The van der Waals surface area contributed by atoms with Crippen LogP contribution in [0.2, 0.25) is 0 Å². The molecule has 1 aliphatic carbocycles. The number of hydrogen-bond donors (Lipinski definition) is 0. The Morgan fingerprint density at radius 3 is 2.53 bits per heavy atom. The van der Waals surface area contributed by atoms with Gasteiger partial charge >= 0.3 is 6.18 Å². The fraction of sp³-hybridized carbons (Fsp3) is 0.458. The summed E-state index contributed by atoms with van der Waals surface area (Å²) in [5, 5.41) is 8.87. The Hall–Kier alpha value is -3.08. The first-order valence-corrected chi connectivity index (χ1v) is 10.7. The van der Waals surface area contributed by atoms with Gasteiger partial charge in [0.05, 0.1) is 17.9 Å². The van der Waals surface area contributed by atoms with Crippen LogP contribution in [0.4, 0.5) is 13.2 Å². The lowest BCUT2D eigenvalue weighted by atomic mass is 9.92. The molecule has 1 saturated carbocycles. The molecule has 2 heterocycles. The molecule has 8 heteroatoms. The number of halogens is 3. The second-order valence-corrected chi connectivity index (χ2v) is 8.73. The second kappa shape index (κ2) is 8.45. The fourth-order valence-corrected chi connectivity index (χ4v) is 4.50. The number of carbonyl (C=O) groups is 1. The SMILES string of the molecule is CC(C)c1ccc2c(c1)CN([C@H]1CC[C@H](Oc3cnc(C#N)c(C(F)(F)F)c3)CC1)C2=O. The van der Waals surface area contributed by atoms with Crippen molar-refractivity contribution in [3.05, 3.63) is 58.4 Å². The number of pyridine rings is 1. The van der Waals surface area contributed by atoms with Crippen LogP contribution >= 0.6 is 0 Å². The van der Waals surface area contributed by atoms with E-state index in [4.69, 9.17) is 10.00 Å². The van der Waals surface area contributed by atoms with Gasteiger partial charge in [0.1, 0.15) is 11.8 Å². The van der Waals surface area contributed by atoms with Crippen molar-refractivity contribution in [3.8, 4) is 11.8 Å². The van der Waals surface area contributed by atoms with Crippen molar-refractivity contribution in [2.24, 2.45) is 0 Å². The Morgan fingerprint density at radius 1 is 1.19 bits per heavy atom. The Balaban J connectivity index is 1.39. The Kier molecular flexibility index (Phi) is 5.85. The number of aromatic nitrogens is 1. The molecule has 1 aliphatic heterocycles. The number of nitriles is 1. The Bertz CT molecular complexity index is 1070. The fourth-order valence-electron chi connectivity index (χ4n) is 4.50. The predicted molar refractivity (Wildman–Crippen MR) is 111 cm³/mol. The number of amides is 1. The first-order valence-electron chi connectivity index (χ1n) is 10.7. The standard InChI is InChI=1S/C24H24F3N3O2/c1-14(2)15-3-8-20-16(9-15)13-30(23(20)31)17-4-6-18(7-5-17)32-19-10-21(24(25,26)27)22(11-28)29-12-19/h3,8-10,12,14,17-18H,4-7,13H2,1-2H3/t17-,18-. The maximum absolute atomic E-state index is 13.2. The van der Waals surface area contributed by atoms with E-state index >= 15 is 0 Å². The highest BCUT2D eigenvalue weighted by Gasteiger charge is 2.37. The van der Waals surface area contributed by atoms with Crippen LogP contribution in [0.3, 0.4) is 0 Å². The molecule has 32 heavy (non-hydrogen) atoms. The topological polar surface area (TPSA) is 66.2 Å². The van der Waals surface area contributed by atoms with E-state index < -0.39 is 17.4 Å². The van der Waals surface area contributed by atoms with Gasteiger partial charge in [0.15, 0.2) is 5.69 Å². The number of carbonyl (C=O) groups excluding carboxylic acids is 1. The first-order chi connectivity index (χ1) is 15.2. The van der Waals surface area contributed by atoms with Crippen LogP contribution in [-0.2, 0) is 12.7 Å². The molecule has 168 valence electrons. The van der Waals surface area contributed by atoms with Crippen molar-refractivity contribution in [2.75, 3.05) is 0 Å². The van der Waals surface area contributed by atoms with Crippen molar-refractivity contribution < 1.29 is 22.7 Å². The maximum Gasteiger partial charge on any atom is 0.419 e. The number of fused-ring (bicyclic) bond motifs is 1. The van der Waals surface area contributed by atoms with Crippen LogP contribution in [0.5, 0.6) is 5.75 Å². The summed E-state index contributed by atoms with van der Waals surface area (Å²) in [5.41, 5.74) is 1.28. The third-order valence-electron chi connectivity index (χ3n) is 6.29. The quantitative estimate of drug-likeness (QED) is 0.631. The van der Waals surface area contributed by atoms with E-state index in [2.05, 4.69) is 24.9 Å². The zero-order valence-corrected chi connectivity index (χ0v) is 17.9. The summed E-state index contributed by atoms with van der Waals surface area (Å²) in [6.07, 6.45) is -1.07. The van der Waals surface area contributed by atoms with E-state index in [1.165, 1.54) is 11.6 Å². The van der Waals surface area contributed by atoms with Gasteiger partial charge in [-0.3, -0.25) is 4.79 Å². The van der Waals surface area contributed by atoms with Gasteiger partial charge in [-0.2, -0.15) is 18.4 Å². The molecule has 0 radical (unpaired) electrons. The molecule has 0 bridgehead atoms. The zero-order valence-electron chi connectivity index (χ0n) is 17.9. The monoisotopic (exact) mass is 443 g/mol.